The molecule has 90 valence electrons. The predicted octanol–water partition coefficient (Wildman–Crippen LogP) is 2.16. The maximum Gasteiger partial charge on any atom is 0.136 e. The van der Waals surface area contributed by atoms with Crippen molar-refractivity contribution in [2.75, 3.05) is 12.4 Å². The van der Waals surface area contributed by atoms with Crippen LogP contribution in [-0.4, -0.2) is 23.0 Å². The standard InChI is InChI=1S/C11H15F2NOS/c1-11(14,7-15)4-5-16-10-6-8(12)2-3-9(10)13/h2-3,6,15H,4-5,7,14H2,1H3. The van der Waals surface area contributed by atoms with Gasteiger partial charge in [-0.3, -0.25) is 0 Å². The Morgan fingerprint density at radius 2 is 2.12 bits per heavy atom. The number of hydrogen-bond acceptors (Lipinski definition) is 3. The Labute approximate surface area is 97.8 Å². The van der Waals surface area contributed by atoms with Crippen LogP contribution >= 0.6 is 11.8 Å². The zero-order valence-electron chi connectivity index (χ0n) is 9.04. The fourth-order valence-electron chi connectivity index (χ4n) is 1.06. The summed E-state index contributed by atoms with van der Waals surface area (Å²) >= 11 is 1.20. The van der Waals surface area contributed by atoms with Gasteiger partial charge in [-0.15, -0.1) is 11.8 Å². The lowest BCUT2D eigenvalue weighted by molar-refractivity contribution is 0.206. The summed E-state index contributed by atoms with van der Waals surface area (Å²) in [6.07, 6.45) is 0.532. The second-order valence-corrected chi connectivity index (χ2v) is 5.12. The van der Waals surface area contributed by atoms with Crippen molar-refractivity contribution in [3.63, 3.8) is 0 Å². The van der Waals surface area contributed by atoms with E-state index in [2.05, 4.69) is 0 Å². The molecule has 5 heteroatoms. The number of rotatable bonds is 5. The molecule has 1 aromatic carbocycles. The normalized spacial score (nSPS) is 14.8. The van der Waals surface area contributed by atoms with Crippen LogP contribution in [0.15, 0.2) is 23.1 Å². The smallest absolute Gasteiger partial charge is 0.136 e. The largest absolute Gasteiger partial charge is 0.394 e. The molecule has 0 radical (unpaired) electrons. The fraction of sp³-hybridized carbons (Fsp3) is 0.455. The lowest BCUT2D eigenvalue weighted by atomic mass is 10.0. The van der Waals surface area contributed by atoms with Gasteiger partial charge in [0.25, 0.3) is 0 Å². The third-order valence-corrected chi connectivity index (χ3v) is 3.22. The van der Waals surface area contributed by atoms with Crippen molar-refractivity contribution in [3.05, 3.63) is 29.8 Å². The van der Waals surface area contributed by atoms with Crippen LogP contribution in [0.4, 0.5) is 8.78 Å². The van der Waals surface area contributed by atoms with Gasteiger partial charge >= 0.3 is 0 Å². The number of hydrogen-bond donors (Lipinski definition) is 2. The van der Waals surface area contributed by atoms with Crippen LogP contribution in [0.2, 0.25) is 0 Å². The molecule has 0 aliphatic carbocycles. The average Bonchev–Trinajstić information content (AvgIpc) is 2.23. The minimum absolute atomic E-state index is 0.126. The van der Waals surface area contributed by atoms with Gasteiger partial charge in [0.2, 0.25) is 0 Å². The zero-order chi connectivity index (χ0) is 12.2. The van der Waals surface area contributed by atoms with Crippen molar-refractivity contribution in [3.8, 4) is 0 Å². The van der Waals surface area contributed by atoms with E-state index in [0.29, 0.717) is 12.2 Å². The first kappa shape index (κ1) is 13.4. The minimum Gasteiger partial charge on any atom is -0.394 e. The molecule has 0 saturated carbocycles. The van der Waals surface area contributed by atoms with Gasteiger partial charge in [-0.1, -0.05) is 0 Å². The average molecular weight is 247 g/mol. The van der Waals surface area contributed by atoms with Gasteiger partial charge in [-0.25, -0.2) is 8.78 Å². The first-order chi connectivity index (χ1) is 7.44. The van der Waals surface area contributed by atoms with Crippen molar-refractivity contribution in [1.82, 2.24) is 0 Å². The summed E-state index contributed by atoms with van der Waals surface area (Å²) < 4.78 is 26.0. The number of thioether (sulfide) groups is 1. The van der Waals surface area contributed by atoms with E-state index in [1.54, 1.807) is 6.92 Å². The van der Waals surface area contributed by atoms with Crippen LogP contribution in [0.1, 0.15) is 13.3 Å². The lowest BCUT2D eigenvalue weighted by Gasteiger charge is -2.20. The van der Waals surface area contributed by atoms with E-state index >= 15 is 0 Å². The van der Waals surface area contributed by atoms with Gasteiger partial charge in [0.1, 0.15) is 11.6 Å². The van der Waals surface area contributed by atoms with Gasteiger partial charge in [0.05, 0.1) is 6.61 Å². The second kappa shape index (κ2) is 5.61. The van der Waals surface area contributed by atoms with Crippen LogP contribution in [0.5, 0.6) is 0 Å². The monoisotopic (exact) mass is 247 g/mol. The van der Waals surface area contributed by atoms with Crippen molar-refractivity contribution < 1.29 is 13.9 Å². The molecule has 0 saturated heterocycles. The van der Waals surface area contributed by atoms with Crippen molar-refractivity contribution >= 4 is 11.8 Å². The predicted molar refractivity (Wildman–Crippen MR) is 61.4 cm³/mol. The number of aliphatic hydroxyl groups excluding tert-OH is 1. The topological polar surface area (TPSA) is 46.2 Å². The second-order valence-electron chi connectivity index (χ2n) is 3.99. The van der Waals surface area contributed by atoms with Crippen LogP contribution in [0, 0.1) is 11.6 Å². The van der Waals surface area contributed by atoms with E-state index < -0.39 is 17.2 Å². The van der Waals surface area contributed by atoms with Crippen molar-refractivity contribution in [2.24, 2.45) is 5.73 Å². The Hall–Kier alpha value is -0.650. The Morgan fingerprint density at radius 3 is 2.75 bits per heavy atom. The maximum absolute atomic E-state index is 13.2. The highest BCUT2D eigenvalue weighted by Crippen LogP contribution is 2.24. The molecule has 1 atom stereocenters. The molecule has 0 aliphatic heterocycles. The molecule has 0 fully saturated rings. The Morgan fingerprint density at radius 1 is 1.44 bits per heavy atom. The van der Waals surface area contributed by atoms with Gasteiger partial charge in [-0.2, -0.15) is 0 Å². The summed E-state index contributed by atoms with van der Waals surface area (Å²) in [7, 11) is 0. The quantitative estimate of drug-likeness (QED) is 0.784. The molecule has 1 aromatic rings. The van der Waals surface area contributed by atoms with Crippen LogP contribution in [0.25, 0.3) is 0 Å². The maximum atomic E-state index is 13.2. The highest BCUT2D eigenvalue weighted by atomic mass is 32.2. The highest BCUT2D eigenvalue weighted by molar-refractivity contribution is 7.99. The molecule has 0 heterocycles. The summed E-state index contributed by atoms with van der Waals surface area (Å²) in [6.45, 7) is 1.59. The molecule has 0 bridgehead atoms. The summed E-state index contributed by atoms with van der Waals surface area (Å²) in [4.78, 5) is 0.272. The minimum atomic E-state index is -0.670. The van der Waals surface area contributed by atoms with Crippen molar-refractivity contribution in [1.29, 1.82) is 0 Å². The fourth-order valence-corrected chi connectivity index (χ4v) is 2.25. The first-order valence-electron chi connectivity index (χ1n) is 4.92. The Kier molecular flexibility index (Phi) is 4.70. The number of aliphatic hydroxyl groups is 1. The Balaban J connectivity index is 2.52. The molecule has 0 amide bonds. The van der Waals surface area contributed by atoms with E-state index in [0.717, 1.165) is 18.2 Å². The molecule has 0 aliphatic rings. The highest BCUT2D eigenvalue weighted by Gasteiger charge is 2.16. The molecule has 2 nitrogen and oxygen atoms in total. The van der Waals surface area contributed by atoms with Crippen molar-refractivity contribution in [2.45, 2.75) is 23.8 Å². The third kappa shape index (κ3) is 4.08. The molecule has 0 aromatic heterocycles. The third-order valence-electron chi connectivity index (χ3n) is 2.19. The molecular weight excluding hydrogens is 232 g/mol. The summed E-state index contributed by atoms with van der Waals surface area (Å²) in [5.74, 6) is -0.357. The molecular formula is C11H15F2NOS. The first-order valence-corrected chi connectivity index (χ1v) is 5.91. The van der Waals surface area contributed by atoms with Gasteiger partial charge < -0.3 is 10.8 Å². The van der Waals surface area contributed by atoms with E-state index in [4.69, 9.17) is 10.8 Å². The van der Waals surface area contributed by atoms with Gasteiger partial charge in [-0.05, 0) is 37.3 Å². The van der Waals surface area contributed by atoms with Crippen LogP contribution < -0.4 is 5.73 Å². The van der Waals surface area contributed by atoms with E-state index in [1.165, 1.54) is 11.8 Å². The van der Waals surface area contributed by atoms with E-state index in [-0.39, 0.29) is 11.5 Å². The number of halogens is 2. The molecule has 0 spiro atoms. The number of benzene rings is 1. The van der Waals surface area contributed by atoms with Gasteiger partial charge in [0, 0.05) is 10.4 Å². The SMILES string of the molecule is CC(N)(CO)CCSc1cc(F)ccc1F. The van der Waals surface area contributed by atoms with Crippen LogP contribution in [-0.2, 0) is 0 Å². The van der Waals surface area contributed by atoms with E-state index in [9.17, 15) is 8.78 Å². The zero-order valence-corrected chi connectivity index (χ0v) is 9.86. The molecule has 1 rings (SSSR count). The van der Waals surface area contributed by atoms with E-state index in [1.807, 2.05) is 0 Å². The summed E-state index contributed by atoms with van der Waals surface area (Å²) in [6, 6.07) is 3.35. The Bertz CT molecular complexity index is 358. The number of nitrogens with two attached hydrogens (primary N) is 1. The lowest BCUT2D eigenvalue weighted by Crippen LogP contribution is -2.40. The van der Waals surface area contributed by atoms with Crippen LogP contribution in [0.3, 0.4) is 0 Å². The van der Waals surface area contributed by atoms with Gasteiger partial charge in [0.15, 0.2) is 0 Å². The summed E-state index contributed by atoms with van der Waals surface area (Å²) in [5.41, 5.74) is 5.05. The molecule has 1 unspecified atom stereocenters. The molecule has 3 N–H and O–H groups in total. The molecule has 16 heavy (non-hydrogen) atoms. The summed E-state index contributed by atoms with van der Waals surface area (Å²) in [5, 5.41) is 8.92.